The zero-order chi connectivity index (χ0) is 30.0. The van der Waals surface area contributed by atoms with Crippen LogP contribution in [0.5, 0.6) is 5.75 Å². The summed E-state index contributed by atoms with van der Waals surface area (Å²) in [7, 11) is -2.08. The van der Waals surface area contributed by atoms with Gasteiger partial charge in [0.25, 0.3) is 5.91 Å². The molecule has 2 bridgehead atoms. The fraction of sp³-hybridized carbons (Fsp3) is 0.594. The van der Waals surface area contributed by atoms with E-state index in [4.69, 9.17) is 16.3 Å². The Morgan fingerprint density at radius 2 is 1.88 bits per heavy atom. The Morgan fingerprint density at radius 1 is 1.07 bits per heavy atom. The maximum atomic E-state index is 13.4. The third-order valence-electron chi connectivity index (χ3n) is 9.78. The highest BCUT2D eigenvalue weighted by molar-refractivity contribution is 7.90. The van der Waals surface area contributed by atoms with Gasteiger partial charge in [-0.2, -0.15) is 0 Å². The second-order valence-corrected chi connectivity index (χ2v) is 14.9. The molecule has 1 fully saturated rings. The average Bonchev–Trinajstić information content (AvgIpc) is 2.96. The second-order valence-electron chi connectivity index (χ2n) is 12.5. The lowest BCUT2D eigenvalue weighted by Gasteiger charge is -2.44. The number of aliphatic hydroxyl groups is 1. The molecular formula is C32H44ClN3O5S. The minimum atomic E-state index is -3.93. The molecule has 1 saturated carbocycles. The molecule has 0 unspecified atom stereocenters. The van der Waals surface area contributed by atoms with Crippen molar-refractivity contribution in [3.8, 4) is 5.75 Å². The fourth-order valence-electron chi connectivity index (χ4n) is 6.72. The number of nitrogens with one attached hydrogen (secondary N) is 2. The van der Waals surface area contributed by atoms with Gasteiger partial charge in [-0.3, -0.25) is 4.79 Å². The number of amides is 1. The Morgan fingerprint density at radius 3 is 2.62 bits per heavy atom. The highest BCUT2D eigenvalue weighted by Crippen LogP contribution is 2.41. The number of hydrogen-bond donors (Lipinski definition) is 3. The number of carbonyl (C=O) groups is 1. The van der Waals surface area contributed by atoms with Crippen LogP contribution in [0.3, 0.4) is 0 Å². The van der Waals surface area contributed by atoms with E-state index in [-0.39, 0.29) is 23.4 Å². The summed E-state index contributed by atoms with van der Waals surface area (Å²) < 4.78 is 35.3. The Labute approximate surface area is 255 Å². The standard InChI is InChI=1S/C32H44ClN3O5S/c1-20-14-27(34-3)17-30(37)28-11-8-24(28)18-36-13-5-4-6-22-15-26(33)10-7-25(22)19-41-31-12-9-23(16-29(31)36)32(38)35-42(39,40)21(20)2/h7,9-10,12,15-16,20-21,24,27-28,30,34,37H,4-6,8,11,13-14,17-19H2,1-3H3,(H,35,38)/t20-,21+,24-,27+,28+,30-/m0/s1. The van der Waals surface area contributed by atoms with E-state index in [9.17, 15) is 18.3 Å². The molecular weight excluding hydrogens is 574 g/mol. The topological polar surface area (TPSA) is 108 Å². The van der Waals surface area contributed by atoms with Crippen LogP contribution >= 0.6 is 11.6 Å². The van der Waals surface area contributed by atoms with Crippen molar-refractivity contribution in [3.63, 3.8) is 0 Å². The van der Waals surface area contributed by atoms with Crippen molar-refractivity contribution in [2.45, 2.75) is 82.8 Å². The van der Waals surface area contributed by atoms with Crippen LogP contribution in [0.15, 0.2) is 36.4 Å². The van der Waals surface area contributed by atoms with Crippen LogP contribution in [0.4, 0.5) is 5.69 Å². The lowest BCUT2D eigenvalue weighted by Crippen LogP contribution is -2.46. The van der Waals surface area contributed by atoms with Crippen LogP contribution in [0.25, 0.3) is 0 Å². The van der Waals surface area contributed by atoms with Crippen LogP contribution in [0, 0.1) is 17.8 Å². The summed E-state index contributed by atoms with van der Waals surface area (Å²) in [5.74, 6) is 0.269. The van der Waals surface area contributed by atoms with Gasteiger partial charge in [0, 0.05) is 29.7 Å². The van der Waals surface area contributed by atoms with Crippen molar-refractivity contribution < 1.29 is 23.1 Å². The number of anilines is 1. The molecule has 0 saturated heterocycles. The number of aryl methyl sites for hydroxylation is 1. The maximum Gasteiger partial charge on any atom is 0.264 e. The van der Waals surface area contributed by atoms with Crippen LogP contribution in [-0.4, -0.2) is 57.0 Å². The van der Waals surface area contributed by atoms with Crippen molar-refractivity contribution in [1.82, 2.24) is 10.0 Å². The first-order chi connectivity index (χ1) is 20.1. The number of ether oxygens (including phenoxy) is 1. The van der Waals surface area contributed by atoms with E-state index in [1.54, 1.807) is 25.1 Å². The summed E-state index contributed by atoms with van der Waals surface area (Å²) in [6, 6.07) is 11.0. The largest absolute Gasteiger partial charge is 0.487 e. The van der Waals surface area contributed by atoms with E-state index < -0.39 is 27.3 Å². The molecule has 3 aliphatic rings. The van der Waals surface area contributed by atoms with Gasteiger partial charge in [-0.25, -0.2) is 13.1 Å². The molecule has 2 heterocycles. The van der Waals surface area contributed by atoms with E-state index >= 15 is 0 Å². The highest BCUT2D eigenvalue weighted by Gasteiger charge is 2.39. The quantitative estimate of drug-likeness (QED) is 0.417. The zero-order valence-corrected chi connectivity index (χ0v) is 26.4. The van der Waals surface area contributed by atoms with Crippen molar-refractivity contribution >= 4 is 33.2 Å². The second kappa shape index (κ2) is 13.1. The molecule has 5 rings (SSSR count). The van der Waals surface area contributed by atoms with Gasteiger partial charge >= 0.3 is 0 Å². The van der Waals surface area contributed by atoms with Crippen LogP contribution < -0.4 is 19.7 Å². The molecule has 8 nitrogen and oxygen atoms in total. The number of aliphatic hydroxyl groups excluding tert-OH is 1. The lowest BCUT2D eigenvalue weighted by atomic mass is 9.69. The molecule has 10 heteroatoms. The number of hydrogen-bond acceptors (Lipinski definition) is 7. The number of sulfonamides is 1. The van der Waals surface area contributed by atoms with Gasteiger partial charge in [-0.1, -0.05) is 24.6 Å². The molecule has 1 amide bonds. The van der Waals surface area contributed by atoms with Crippen LogP contribution in [0.2, 0.25) is 5.02 Å². The van der Waals surface area contributed by atoms with Gasteiger partial charge in [0.05, 0.1) is 17.0 Å². The van der Waals surface area contributed by atoms with Gasteiger partial charge in [0.1, 0.15) is 12.4 Å². The molecule has 0 aromatic heterocycles. The van der Waals surface area contributed by atoms with Gasteiger partial charge in [0.15, 0.2) is 0 Å². The minimum absolute atomic E-state index is 0.0295. The summed E-state index contributed by atoms with van der Waals surface area (Å²) in [6.07, 6.45) is 5.46. The van der Waals surface area contributed by atoms with E-state index in [1.165, 1.54) is 5.56 Å². The van der Waals surface area contributed by atoms with Crippen molar-refractivity contribution in [1.29, 1.82) is 0 Å². The number of rotatable bonds is 1. The molecule has 42 heavy (non-hydrogen) atoms. The Balaban J connectivity index is 1.53. The SMILES string of the molecule is CN[C@@H]1C[C@H](C)[C@@H](C)S(=O)(=O)NC(=O)c2ccc3c(c2)N(CCCCc2cc(Cl)ccc2CO3)C[C@@H]2CC[C@H]2[C@@H](O)C1. The smallest absolute Gasteiger partial charge is 0.264 e. The summed E-state index contributed by atoms with van der Waals surface area (Å²) in [6.45, 7) is 5.38. The lowest BCUT2D eigenvalue weighted by molar-refractivity contribution is 0.00383. The summed E-state index contributed by atoms with van der Waals surface area (Å²) in [4.78, 5) is 15.7. The number of benzene rings is 2. The number of halogens is 1. The molecule has 0 spiro atoms. The summed E-state index contributed by atoms with van der Waals surface area (Å²) >= 11 is 6.31. The Bertz CT molecular complexity index is 1390. The van der Waals surface area contributed by atoms with E-state index in [0.717, 1.165) is 56.4 Å². The van der Waals surface area contributed by atoms with Crippen LogP contribution in [0.1, 0.15) is 73.9 Å². The van der Waals surface area contributed by atoms with Crippen molar-refractivity contribution in [2.75, 3.05) is 25.0 Å². The molecule has 0 radical (unpaired) electrons. The van der Waals surface area contributed by atoms with Crippen LogP contribution in [-0.2, 0) is 23.1 Å². The fourth-order valence-corrected chi connectivity index (χ4v) is 8.20. The molecule has 2 aromatic rings. The first-order valence-corrected chi connectivity index (χ1v) is 17.2. The van der Waals surface area contributed by atoms with Gasteiger partial charge in [-0.05, 0) is 118 Å². The van der Waals surface area contributed by atoms with Gasteiger partial charge < -0.3 is 20.1 Å². The molecule has 1 aliphatic carbocycles. The molecule has 2 aromatic carbocycles. The first kappa shape index (κ1) is 31.1. The van der Waals surface area contributed by atoms with Crippen molar-refractivity contribution in [3.05, 3.63) is 58.1 Å². The monoisotopic (exact) mass is 617 g/mol. The van der Waals surface area contributed by atoms with E-state index in [0.29, 0.717) is 36.1 Å². The molecule has 230 valence electrons. The zero-order valence-electron chi connectivity index (χ0n) is 24.8. The number of carbonyl (C=O) groups excluding carboxylic acids is 1. The van der Waals surface area contributed by atoms with E-state index in [2.05, 4.69) is 14.9 Å². The molecule has 2 aliphatic heterocycles. The number of fused-ring (bicyclic) bond motifs is 3. The first-order valence-electron chi connectivity index (χ1n) is 15.3. The normalized spacial score (nSPS) is 30.4. The average molecular weight is 618 g/mol. The summed E-state index contributed by atoms with van der Waals surface area (Å²) in [5.41, 5.74) is 3.30. The Hall–Kier alpha value is -2.33. The van der Waals surface area contributed by atoms with Crippen molar-refractivity contribution in [2.24, 2.45) is 17.8 Å². The third kappa shape index (κ3) is 6.90. The number of nitrogens with zero attached hydrogens (tertiary/aromatic N) is 1. The van der Waals surface area contributed by atoms with Gasteiger partial charge in [-0.15, -0.1) is 0 Å². The predicted molar refractivity (Wildman–Crippen MR) is 167 cm³/mol. The highest BCUT2D eigenvalue weighted by atomic mass is 35.5. The summed E-state index contributed by atoms with van der Waals surface area (Å²) in [5, 5.41) is 14.6. The minimum Gasteiger partial charge on any atom is -0.487 e. The maximum absolute atomic E-state index is 13.4. The van der Waals surface area contributed by atoms with E-state index in [1.807, 2.05) is 32.2 Å². The molecule has 6 atom stereocenters. The third-order valence-corrected chi connectivity index (χ3v) is 11.9. The van der Waals surface area contributed by atoms with Gasteiger partial charge in [0.2, 0.25) is 10.0 Å². The molecule has 3 N–H and O–H groups in total. The predicted octanol–water partition coefficient (Wildman–Crippen LogP) is 4.91. The Kier molecular flexibility index (Phi) is 9.72.